The molecule has 16 heavy (non-hydrogen) atoms. The number of aromatic nitrogens is 2. The number of fused-ring (bicyclic) bond motifs is 1. The first-order valence-electron chi connectivity index (χ1n) is 4.53. The molecule has 0 saturated heterocycles. The molecular formula is C10H8N2O3S. The van der Waals surface area contributed by atoms with Crippen molar-refractivity contribution in [1.29, 1.82) is 0 Å². The number of carboxylic acid groups (broad SMARTS) is 1. The fraction of sp³-hybridized carbons (Fsp3) is 0.100. The van der Waals surface area contributed by atoms with E-state index >= 15 is 0 Å². The molecule has 0 bridgehead atoms. The van der Waals surface area contributed by atoms with Crippen LogP contribution in [0.25, 0.3) is 10.9 Å². The van der Waals surface area contributed by atoms with E-state index in [0.29, 0.717) is 10.9 Å². The molecule has 2 rings (SSSR count). The highest BCUT2D eigenvalue weighted by molar-refractivity contribution is 7.71. The number of hydrogen-bond acceptors (Lipinski definition) is 3. The van der Waals surface area contributed by atoms with E-state index in [1.807, 2.05) is 0 Å². The van der Waals surface area contributed by atoms with Crippen LogP contribution >= 0.6 is 12.2 Å². The predicted molar refractivity (Wildman–Crippen MR) is 61.0 cm³/mol. The Hall–Kier alpha value is -1.95. The van der Waals surface area contributed by atoms with E-state index in [2.05, 4.69) is 4.98 Å². The van der Waals surface area contributed by atoms with Crippen molar-refractivity contribution in [3.63, 3.8) is 0 Å². The summed E-state index contributed by atoms with van der Waals surface area (Å²) in [6.07, 6.45) is 0. The number of H-pyrrole nitrogens is 1. The van der Waals surface area contributed by atoms with E-state index in [1.165, 1.54) is 4.57 Å². The minimum Gasteiger partial charge on any atom is -0.480 e. The lowest BCUT2D eigenvalue weighted by atomic mass is 10.2. The minimum absolute atomic E-state index is 0.117. The number of carbonyl (C=O) groups is 1. The van der Waals surface area contributed by atoms with Gasteiger partial charge in [0.1, 0.15) is 6.54 Å². The van der Waals surface area contributed by atoms with Gasteiger partial charge in [-0.2, -0.15) is 0 Å². The number of benzene rings is 1. The van der Waals surface area contributed by atoms with Crippen LogP contribution in [0.2, 0.25) is 0 Å². The summed E-state index contributed by atoms with van der Waals surface area (Å²) in [5.74, 6) is -1.01. The van der Waals surface area contributed by atoms with Crippen molar-refractivity contribution in [2.75, 3.05) is 0 Å². The largest absolute Gasteiger partial charge is 0.480 e. The number of carboxylic acids is 1. The molecule has 1 aromatic heterocycles. The summed E-state index contributed by atoms with van der Waals surface area (Å²) in [5, 5.41) is 9.19. The SMILES string of the molecule is O=C(O)Cn1c(=S)[nH]c(=O)c2ccccc21. The van der Waals surface area contributed by atoms with Crippen LogP contribution in [-0.2, 0) is 11.3 Å². The number of rotatable bonds is 2. The third kappa shape index (κ3) is 1.74. The summed E-state index contributed by atoms with van der Waals surface area (Å²) in [5.41, 5.74) is 0.223. The highest BCUT2D eigenvalue weighted by atomic mass is 32.1. The lowest BCUT2D eigenvalue weighted by molar-refractivity contribution is -0.137. The average Bonchev–Trinajstić information content (AvgIpc) is 2.24. The molecule has 0 unspecified atom stereocenters. The molecule has 0 aliphatic rings. The second kappa shape index (κ2) is 3.90. The van der Waals surface area contributed by atoms with Gasteiger partial charge in [0.05, 0.1) is 10.9 Å². The average molecular weight is 236 g/mol. The molecule has 0 saturated carbocycles. The van der Waals surface area contributed by atoms with E-state index < -0.39 is 5.97 Å². The quantitative estimate of drug-likeness (QED) is 0.767. The summed E-state index contributed by atoms with van der Waals surface area (Å²) < 4.78 is 1.50. The second-order valence-electron chi connectivity index (χ2n) is 3.26. The third-order valence-electron chi connectivity index (χ3n) is 2.20. The van der Waals surface area contributed by atoms with E-state index in [9.17, 15) is 9.59 Å². The highest BCUT2D eigenvalue weighted by Gasteiger charge is 2.07. The zero-order valence-corrected chi connectivity index (χ0v) is 8.95. The fourth-order valence-electron chi connectivity index (χ4n) is 1.53. The van der Waals surface area contributed by atoms with Gasteiger partial charge in [-0.3, -0.25) is 14.6 Å². The minimum atomic E-state index is -1.01. The third-order valence-corrected chi connectivity index (χ3v) is 2.52. The number of nitrogens with zero attached hydrogens (tertiary/aromatic N) is 1. The maximum absolute atomic E-state index is 11.6. The molecule has 0 amide bonds. The fourth-order valence-corrected chi connectivity index (χ4v) is 1.79. The topological polar surface area (TPSA) is 75.1 Å². The Morgan fingerprint density at radius 2 is 2.12 bits per heavy atom. The van der Waals surface area contributed by atoms with E-state index in [0.717, 1.165) is 0 Å². The number of hydrogen-bond donors (Lipinski definition) is 2. The summed E-state index contributed by atoms with van der Waals surface area (Å²) in [4.78, 5) is 24.7. The summed E-state index contributed by atoms with van der Waals surface area (Å²) in [6.45, 7) is -0.268. The molecule has 0 spiro atoms. The van der Waals surface area contributed by atoms with Crippen LogP contribution in [0, 0.1) is 4.77 Å². The second-order valence-corrected chi connectivity index (χ2v) is 3.64. The van der Waals surface area contributed by atoms with Crippen LogP contribution in [0.1, 0.15) is 0 Å². The number of para-hydroxylation sites is 1. The maximum Gasteiger partial charge on any atom is 0.323 e. The Bertz CT molecular complexity index is 672. The zero-order chi connectivity index (χ0) is 11.7. The molecule has 82 valence electrons. The molecule has 0 aliphatic carbocycles. The standard InChI is InChI=1S/C10H8N2O3S/c13-8(14)5-12-7-4-2-1-3-6(7)9(15)11-10(12)16/h1-4H,5H2,(H,13,14)(H,11,15,16). The Kier molecular flexibility index (Phi) is 2.57. The summed E-state index contributed by atoms with van der Waals surface area (Å²) >= 11 is 4.93. The van der Waals surface area contributed by atoms with Crippen LogP contribution in [0.3, 0.4) is 0 Å². The van der Waals surface area contributed by atoms with Crippen LogP contribution in [0.5, 0.6) is 0 Å². The van der Waals surface area contributed by atoms with Gasteiger partial charge in [0.15, 0.2) is 4.77 Å². The van der Waals surface area contributed by atoms with Gasteiger partial charge in [-0.05, 0) is 24.4 Å². The molecule has 2 aromatic rings. The van der Waals surface area contributed by atoms with Crippen molar-refractivity contribution >= 4 is 29.1 Å². The summed E-state index contributed by atoms with van der Waals surface area (Å²) in [7, 11) is 0. The number of aliphatic carboxylic acids is 1. The number of aromatic amines is 1. The summed E-state index contributed by atoms with van der Waals surface area (Å²) in [6, 6.07) is 6.74. The van der Waals surface area contributed by atoms with Gasteiger partial charge in [-0.15, -0.1) is 0 Å². The van der Waals surface area contributed by atoms with Crippen molar-refractivity contribution in [1.82, 2.24) is 9.55 Å². The first kappa shape index (κ1) is 10.6. The van der Waals surface area contributed by atoms with Crippen LogP contribution in [0.4, 0.5) is 0 Å². The molecule has 6 heteroatoms. The normalized spacial score (nSPS) is 10.5. The van der Waals surface area contributed by atoms with Gasteiger partial charge in [-0.1, -0.05) is 12.1 Å². The van der Waals surface area contributed by atoms with Gasteiger partial charge in [0.25, 0.3) is 5.56 Å². The van der Waals surface area contributed by atoms with Crippen LogP contribution in [-0.4, -0.2) is 20.6 Å². The molecular weight excluding hydrogens is 228 g/mol. The Balaban J connectivity index is 2.87. The van der Waals surface area contributed by atoms with E-state index in [4.69, 9.17) is 17.3 Å². The van der Waals surface area contributed by atoms with Gasteiger partial charge in [0, 0.05) is 0 Å². The Morgan fingerprint density at radius 1 is 1.44 bits per heavy atom. The van der Waals surface area contributed by atoms with Gasteiger partial charge in [0.2, 0.25) is 0 Å². The first-order chi connectivity index (χ1) is 7.59. The Morgan fingerprint density at radius 3 is 2.81 bits per heavy atom. The molecule has 5 nitrogen and oxygen atoms in total. The lowest BCUT2D eigenvalue weighted by Crippen LogP contribution is -2.18. The van der Waals surface area contributed by atoms with Crippen molar-refractivity contribution < 1.29 is 9.90 Å². The van der Waals surface area contributed by atoms with Crippen molar-refractivity contribution in [3.05, 3.63) is 39.4 Å². The predicted octanol–water partition coefficient (Wildman–Crippen LogP) is 1.14. The van der Waals surface area contributed by atoms with Crippen molar-refractivity contribution in [2.45, 2.75) is 6.54 Å². The highest BCUT2D eigenvalue weighted by Crippen LogP contribution is 2.09. The van der Waals surface area contributed by atoms with E-state index in [1.54, 1.807) is 24.3 Å². The Labute approximate surface area is 95.0 Å². The molecule has 0 atom stereocenters. The molecule has 0 fully saturated rings. The molecule has 0 radical (unpaired) electrons. The lowest BCUT2D eigenvalue weighted by Gasteiger charge is -2.07. The van der Waals surface area contributed by atoms with Crippen LogP contribution in [0.15, 0.2) is 29.1 Å². The van der Waals surface area contributed by atoms with Crippen molar-refractivity contribution in [2.24, 2.45) is 0 Å². The van der Waals surface area contributed by atoms with E-state index in [-0.39, 0.29) is 16.9 Å². The van der Waals surface area contributed by atoms with Crippen molar-refractivity contribution in [3.8, 4) is 0 Å². The number of nitrogens with one attached hydrogen (secondary N) is 1. The maximum atomic E-state index is 11.6. The zero-order valence-electron chi connectivity index (χ0n) is 8.14. The monoisotopic (exact) mass is 236 g/mol. The first-order valence-corrected chi connectivity index (χ1v) is 4.94. The van der Waals surface area contributed by atoms with Gasteiger partial charge < -0.3 is 9.67 Å². The smallest absolute Gasteiger partial charge is 0.323 e. The molecule has 0 aliphatic heterocycles. The molecule has 2 N–H and O–H groups in total. The van der Waals surface area contributed by atoms with Gasteiger partial charge >= 0.3 is 5.97 Å². The molecule has 1 heterocycles. The molecule has 1 aromatic carbocycles. The van der Waals surface area contributed by atoms with Crippen LogP contribution < -0.4 is 5.56 Å². The van der Waals surface area contributed by atoms with Gasteiger partial charge in [-0.25, -0.2) is 0 Å².